The summed E-state index contributed by atoms with van der Waals surface area (Å²) in [5.74, 6) is 0. The molecule has 140 valence electrons. The van der Waals surface area contributed by atoms with Crippen molar-refractivity contribution in [1.82, 2.24) is 15.3 Å². The summed E-state index contributed by atoms with van der Waals surface area (Å²) in [6.45, 7) is -0.0914. The third kappa shape index (κ3) is 4.69. The van der Waals surface area contributed by atoms with Crippen molar-refractivity contribution in [3.8, 4) is 0 Å². The molecule has 0 spiro atoms. The van der Waals surface area contributed by atoms with Crippen LogP contribution in [0.4, 0.5) is 4.79 Å². The van der Waals surface area contributed by atoms with Gasteiger partial charge >= 0.3 is 6.09 Å². The van der Waals surface area contributed by atoms with Crippen LogP contribution in [0.15, 0.2) is 59.7 Å². The molecule has 1 heterocycles. The SMILES string of the molecule is O=C(NCC(O)C(O)c1ccc2c(=O)[nH]cnc2c1)OCc1ccccc1. The largest absolute Gasteiger partial charge is 0.445 e. The van der Waals surface area contributed by atoms with E-state index in [-0.39, 0.29) is 18.7 Å². The average molecular weight is 369 g/mol. The van der Waals surface area contributed by atoms with Gasteiger partial charge in [0.05, 0.1) is 17.2 Å². The Morgan fingerprint density at radius 1 is 1.19 bits per heavy atom. The standard InChI is InChI=1S/C19H19N3O5/c23-16(9-20-19(26)27-10-12-4-2-1-3-5-12)17(24)13-6-7-14-15(8-13)21-11-22-18(14)25/h1-8,11,16-17,23-24H,9-10H2,(H,20,26)(H,21,22,25). The van der Waals surface area contributed by atoms with E-state index < -0.39 is 18.3 Å². The summed E-state index contributed by atoms with van der Waals surface area (Å²) in [7, 11) is 0. The van der Waals surface area contributed by atoms with Crippen molar-refractivity contribution in [2.24, 2.45) is 0 Å². The molecule has 2 atom stereocenters. The van der Waals surface area contributed by atoms with Gasteiger partial charge in [-0.25, -0.2) is 9.78 Å². The van der Waals surface area contributed by atoms with Crippen molar-refractivity contribution in [2.75, 3.05) is 6.54 Å². The van der Waals surface area contributed by atoms with Crippen LogP contribution in [0.5, 0.6) is 0 Å². The van der Waals surface area contributed by atoms with Gasteiger partial charge in [0.1, 0.15) is 18.8 Å². The molecule has 0 saturated carbocycles. The summed E-state index contributed by atoms with van der Waals surface area (Å²) in [5.41, 5.74) is 1.33. The number of nitrogens with zero attached hydrogens (tertiary/aromatic N) is 1. The van der Waals surface area contributed by atoms with Gasteiger partial charge in [-0.1, -0.05) is 36.4 Å². The fourth-order valence-electron chi connectivity index (χ4n) is 2.57. The molecule has 0 radical (unpaired) electrons. The molecule has 0 aliphatic heterocycles. The van der Waals surface area contributed by atoms with Crippen molar-refractivity contribution >= 4 is 17.0 Å². The maximum absolute atomic E-state index is 11.7. The van der Waals surface area contributed by atoms with Crippen LogP contribution in [0, 0.1) is 0 Å². The van der Waals surface area contributed by atoms with Crippen molar-refractivity contribution in [3.05, 3.63) is 76.3 Å². The Morgan fingerprint density at radius 2 is 1.96 bits per heavy atom. The van der Waals surface area contributed by atoms with E-state index in [2.05, 4.69) is 15.3 Å². The first-order valence-electron chi connectivity index (χ1n) is 8.32. The predicted octanol–water partition coefficient (Wildman–Crippen LogP) is 1.24. The zero-order valence-corrected chi connectivity index (χ0v) is 14.3. The van der Waals surface area contributed by atoms with E-state index in [1.54, 1.807) is 0 Å². The molecule has 0 aliphatic carbocycles. The molecule has 4 N–H and O–H groups in total. The average Bonchev–Trinajstić information content (AvgIpc) is 2.70. The second-order valence-electron chi connectivity index (χ2n) is 5.96. The highest BCUT2D eigenvalue weighted by atomic mass is 16.5. The first-order chi connectivity index (χ1) is 13.0. The monoisotopic (exact) mass is 369 g/mol. The molecule has 8 nitrogen and oxygen atoms in total. The number of hydrogen-bond acceptors (Lipinski definition) is 6. The quantitative estimate of drug-likeness (QED) is 0.518. The van der Waals surface area contributed by atoms with Crippen molar-refractivity contribution < 1.29 is 19.7 Å². The molecule has 2 aromatic carbocycles. The Balaban J connectivity index is 1.55. The summed E-state index contributed by atoms with van der Waals surface area (Å²) in [6, 6.07) is 13.8. The Labute approximate surface area is 154 Å². The second kappa shape index (κ2) is 8.43. The molecule has 0 bridgehead atoms. The number of carbonyl (C=O) groups is 1. The Hall–Kier alpha value is -3.23. The number of aliphatic hydroxyl groups excluding tert-OH is 2. The Bertz CT molecular complexity index is 974. The van der Waals surface area contributed by atoms with Gasteiger partial charge < -0.3 is 25.3 Å². The number of alkyl carbamates (subject to hydrolysis) is 1. The summed E-state index contributed by atoms with van der Waals surface area (Å²) >= 11 is 0. The first-order valence-corrected chi connectivity index (χ1v) is 8.32. The molecule has 3 rings (SSSR count). The van der Waals surface area contributed by atoms with E-state index in [0.29, 0.717) is 16.5 Å². The molecular weight excluding hydrogens is 350 g/mol. The molecule has 3 aromatic rings. The highest BCUT2D eigenvalue weighted by Crippen LogP contribution is 2.19. The van der Waals surface area contributed by atoms with Crippen LogP contribution in [0.25, 0.3) is 10.9 Å². The van der Waals surface area contributed by atoms with E-state index >= 15 is 0 Å². The van der Waals surface area contributed by atoms with Crippen LogP contribution in [0.3, 0.4) is 0 Å². The number of rotatable bonds is 6. The number of hydrogen-bond donors (Lipinski definition) is 4. The highest BCUT2D eigenvalue weighted by Gasteiger charge is 2.20. The van der Waals surface area contributed by atoms with Gasteiger partial charge in [0.25, 0.3) is 5.56 Å². The number of amides is 1. The number of nitrogens with one attached hydrogen (secondary N) is 2. The minimum Gasteiger partial charge on any atom is -0.445 e. The van der Waals surface area contributed by atoms with Crippen LogP contribution in [0.2, 0.25) is 0 Å². The number of carbonyl (C=O) groups excluding carboxylic acids is 1. The van der Waals surface area contributed by atoms with Gasteiger partial charge in [-0.3, -0.25) is 4.79 Å². The number of aromatic nitrogens is 2. The number of benzene rings is 2. The van der Waals surface area contributed by atoms with Crippen molar-refractivity contribution in [2.45, 2.75) is 18.8 Å². The molecule has 27 heavy (non-hydrogen) atoms. The van der Waals surface area contributed by atoms with Gasteiger partial charge in [-0.2, -0.15) is 0 Å². The van der Waals surface area contributed by atoms with Crippen LogP contribution >= 0.6 is 0 Å². The minimum atomic E-state index is -1.26. The summed E-state index contributed by atoms with van der Waals surface area (Å²) in [4.78, 5) is 29.9. The molecule has 2 unspecified atom stereocenters. The molecule has 0 aliphatic rings. The number of ether oxygens (including phenoxy) is 1. The lowest BCUT2D eigenvalue weighted by Crippen LogP contribution is -2.35. The van der Waals surface area contributed by atoms with E-state index in [4.69, 9.17) is 4.74 Å². The second-order valence-corrected chi connectivity index (χ2v) is 5.96. The molecule has 0 saturated heterocycles. The lowest BCUT2D eigenvalue weighted by molar-refractivity contribution is 0.0185. The van der Waals surface area contributed by atoms with Gasteiger partial charge in [-0.15, -0.1) is 0 Å². The number of aliphatic hydroxyl groups is 2. The van der Waals surface area contributed by atoms with Crippen molar-refractivity contribution in [1.29, 1.82) is 0 Å². The first kappa shape index (κ1) is 18.6. The van der Waals surface area contributed by atoms with E-state index in [0.717, 1.165) is 5.56 Å². The lowest BCUT2D eigenvalue weighted by Gasteiger charge is -2.19. The molecule has 8 heteroatoms. The zero-order chi connectivity index (χ0) is 19.2. The normalized spacial score (nSPS) is 13.1. The summed E-state index contributed by atoms with van der Waals surface area (Å²) < 4.78 is 5.04. The maximum atomic E-state index is 11.7. The molecule has 1 amide bonds. The molecule has 1 aromatic heterocycles. The highest BCUT2D eigenvalue weighted by molar-refractivity contribution is 5.77. The Morgan fingerprint density at radius 3 is 2.74 bits per heavy atom. The Kier molecular flexibility index (Phi) is 5.80. The van der Waals surface area contributed by atoms with Gasteiger partial charge in [0, 0.05) is 6.54 Å². The fourth-order valence-corrected chi connectivity index (χ4v) is 2.57. The van der Waals surface area contributed by atoms with E-state index in [9.17, 15) is 19.8 Å². The summed E-state index contributed by atoms with van der Waals surface area (Å²) in [6.07, 6.45) is -1.95. The van der Waals surface area contributed by atoms with E-state index in [1.165, 1.54) is 24.5 Å². The van der Waals surface area contributed by atoms with Gasteiger partial charge in [0.15, 0.2) is 0 Å². The fraction of sp³-hybridized carbons (Fsp3) is 0.211. The van der Waals surface area contributed by atoms with Crippen LogP contribution in [-0.2, 0) is 11.3 Å². The summed E-state index contributed by atoms with van der Waals surface area (Å²) in [5, 5.41) is 23.2. The zero-order valence-electron chi connectivity index (χ0n) is 14.3. The minimum absolute atomic E-state index is 0.107. The third-order valence-electron chi connectivity index (χ3n) is 4.04. The van der Waals surface area contributed by atoms with Crippen LogP contribution < -0.4 is 10.9 Å². The predicted molar refractivity (Wildman–Crippen MR) is 98.0 cm³/mol. The van der Waals surface area contributed by atoms with Crippen LogP contribution in [0.1, 0.15) is 17.2 Å². The number of H-pyrrole nitrogens is 1. The molecular formula is C19H19N3O5. The number of aromatic amines is 1. The van der Waals surface area contributed by atoms with Crippen molar-refractivity contribution in [3.63, 3.8) is 0 Å². The van der Waals surface area contributed by atoms with Crippen LogP contribution in [-0.4, -0.2) is 38.9 Å². The van der Waals surface area contributed by atoms with Gasteiger partial charge in [-0.05, 0) is 23.3 Å². The van der Waals surface area contributed by atoms with E-state index in [1.807, 2.05) is 30.3 Å². The lowest BCUT2D eigenvalue weighted by atomic mass is 10.0. The number of fused-ring (bicyclic) bond motifs is 1. The third-order valence-corrected chi connectivity index (χ3v) is 4.04. The topological polar surface area (TPSA) is 125 Å². The smallest absolute Gasteiger partial charge is 0.407 e. The van der Waals surface area contributed by atoms with Gasteiger partial charge in [0.2, 0.25) is 0 Å². The molecule has 0 fully saturated rings. The maximum Gasteiger partial charge on any atom is 0.407 e.